The summed E-state index contributed by atoms with van der Waals surface area (Å²) in [6.45, 7) is -0.240. The van der Waals surface area contributed by atoms with E-state index >= 15 is 0 Å². The van der Waals surface area contributed by atoms with E-state index in [1.807, 2.05) is 0 Å². The Kier molecular flexibility index (Phi) is 3.18. The van der Waals surface area contributed by atoms with E-state index in [-0.39, 0.29) is 17.7 Å². The van der Waals surface area contributed by atoms with Gasteiger partial charge in [0.2, 0.25) is 5.91 Å². The van der Waals surface area contributed by atoms with Crippen LogP contribution in [0.4, 0.5) is 4.79 Å². The number of nitrogens with two attached hydrogens (primary N) is 2. The van der Waals surface area contributed by atoms with Gasteiger partial charge in [0.15, 0.2) is 0 Å². The quantitative estimate of drug-likeness (QED) is 0.541. The van der Waals surface area contributed by atoms with Gasteiger partial charge in [-0.3, -0.25) is 9.69 Å². The molecule has 1 unspecified atom stereocenters. The van der Waals surface area contributed by atoms with E-state index in [4.69, 9.17) is 16.6 Å². The molecule has 2 heterocycles. The molecule has 2 rings (SSSR count). The molecular weight excluding hydrogens is 262 g/mol. The molecule has 0 aromatic heterocycles. The molecule has 2 aliphatic heterocycles. The molecule has 9 heteroatoms. The minimum absolute atomic E-state index is 0.160. The van der Waals surface area contributed by atoms with Gasteiger partial charge in [0.05, 0.1) is 0 Å². The lowest BCUT2D eigenvalue weighted by Crippen LogP contribution is -2.68. The summed E-state index contributed by atoms with van der Waals surface area (Å²) >= 11 is 1.33. The van der Waals surface area contributed by atoms with Gasteiger partial charge in [-0.25, -0.2) is 9.59 Å². The summed E-state index contributed by atoms with van der Waals surface area (Å²) in [6.07, 6.45) is -0.994. The monoisotopic (exact) mass is 273 g/mol. The fraction of sp³-hybridized carbons (Fsp3) is 0.444. The number of carbonyl (C=O) groups is 3. The van der Waals surface area contributed by atoms with Crippen molar-refractivity contribution < 1.29 is 24.2 Å². The number of hydrogen-bond donors (Lipinski definition) is 3. The van der Waals surface area contributed by atoms with Crippen LogP contribution in [0.1, 0.15) is 0 Å². The van der Waals surface area contributed by atoms with Crippen LogP contribution in [0.15, 0.2) is 11.3 Å². The number of aliphatic carboxylic acids is 1. The van der Waals surface area contributed by atoms with Gasteiger partial charge in [-0.05, 0) is 0 Å². The number of amides is 2. The first kappa shape index (κ1) is 12.7. The number of fused-ring (bicyclic) bond motifs is 1. The van der Waals surface area contributed by atoms with Crippen LogP contribution < -0.4 is 11.5 Å². The molecule has 2 aliphatic rings. The Balaban J connectivity index is 2.26. The predicted octanol–water partition coefficient (Wildman–Crippen LogP) is -1.34. The molecule has 0 aromatic rings. The van der Waals surface area contributed by atoms with Gasteiger partial charge in [0.25, 0.3) is 0 Å². The van der Waals surface area contributed by atoms with Gasteiger partial charge in [-0.2, -0.15) is 0 Å². The first-order valence-corrected chi connectivity index (χ1v) is 6.06. The van der Waals surface area contributed by atoms with E-state index in [1.165, 1.54) is 11.8 Å². The lowest BCUT2D eigenvalue weighted by molar-refractivity contribution is -0.148. The largest absolute Gasteiger partial charge is 0.477 e. The van der Waals surface area contributed by atoms with Crippen molar-refractivity contribution in [1.82, 2.24) is 4.90 Å². The maximum absolute atomic E-state index is 11.6. The average molecular weight is 273 g/mol. The van der Waals surface area contributed by atoms with Crippen LogP contribution in [0.3, 0.4) is 0 Å². The third-order valence-corrected chi connectivity index (χ3v) is 4.04. The third-order valence-electron chi connectivity index (χ3n) is 2.68. The van der Waals surface area contributed by atoms with Crippen LogP contribution in [0, 0.1) is 0 Å². The van der Waals surface area contributed by atoms with Gasteiger partial charge < -0.3 is 21.3 Å². The van der Waals surface area contributed by atoms with Crippen molar-refractivity contribution >= 4 is 29.7 Å². The third kappa shape index (κ3) is 1.91. The zero-order chi connectivity index (χ0) is 13.4. The Labute approximate surface area is 106 Å². The summed E-state index contributed by atoms with van der Waals surface area (Å²) in [7, 11) is 0. The SMILES string of the molecule is NC(=O)OCC1=C(C(=O)O)N2C(=O)C(N)[C@@H]2SC1. The van der Waals surface area contributed by atoms with Gasteiger partial charge in [0, 0.05) is 11.3 Å². The smallest absolute Gasteiger partial charge is 0.404 e. The van der Waals surface area contributed by atoms with Gasteiger partial charge in [0.1, 0.15) is 23.7 Å². The van der Waals surface area contributed by atoms with Crippen LogP contribution in [0.5, 0.6) is 0 Å². The number of carboxylic acid groups (broad SMARTS) is 1. The summed E-state index contributed by atoms with van der Waals surface area (Å²) in [5.74, 6) is -1.36. The summed E-state index contributed by atoms with van der Waals surface area (Å²) in [5.41, 5.74) is 10.6. The number of β-lactam (4-membered cyclic amide) rings is 1. The topological polar surface area (TPSA) is 136 Å². The van der Waals surface area contributed by atoms with E-state index < -0.39 is 24.0 Å². The number of thioether (sulfide) groups is 1. The molecule has 2 amide bonds. The van der Waals surface area contributed by atoms with E-state index in [1.54, 1.807) is 0 Å². The summed E-state index contributed by atoms with van der Waals surface area (Å²) in [5, 5.41) is 8.77. The molecule has 98 valence electrons. The normalized spacial score (nSPS) is 26.5. The number of carboxylic acids is 1. The van der Waals surface area contributed by atoms with E-state index in [0.29, 0.717) is 11.3 Å². The Bertz CT molecular complexity index is 463. The number of hydrogen-bond acceptors (Lipinski definition) is 6. The lowest BCUT2D eigenvalue weighted by Gasteiger charge is -2.47. The van der Waals surface area contributed by atoms with Crippen LogP contribution >= 0.6 is 11.8 Å². The number of rotatable bonds is 3. The lowest BCUT2D eigenvalue weighted by atomic mass is 10.0. The van der Waals surface area contributed by atoms with Crippen LogP contribution in [0.25, 0.3) is 0 Å². The second kappa shape index (κ2) is 4.50. The van der Waals surface area contributed by atoms with E-state index in [2.05, 4.69) is 4.74 Å². The molecule has 0 saturated carbocycles. The number of carbonyl (C=O) groups excluding carboxylic acids is 2. The highest BCUT2D eigenvalue weighted by Gasteiger charge is 2.51. The fourth-order valence-corrected chi connectivity index (χ4v) is 3.12. The van der Waals surface area contributed by atoms with Crippen LogP contribution in [-0.4, -0.2) is 51.8 Å². The first-order valence-electron chi connectivity index (χ1n) is 5.01. The molecule has 0 aromatic carbocycles. The Morgan fingerprint density at radius 1 is 1.56 bits per heavy atom. The fourth-order valence-electron chi connectivity index (χ4n) is 1.85. The standard InChI is InChI=1S/C9H11N3O5S/c10-4-6(13)12-5(8(14)15)3(1-17-9(11)16)2-18-7(4)12/h4,7H,1-2,10H2,(H2,11,16)(H,14,15)/t4?,7-/m0/s1. The zero-order valence-electron chi connectivity index (χ0n) is 9.16. The molecule has 0 spiro atoms. The number of ether oxygens (including phenoxy) is 1. The number of nitrogens with zero attached hydrogens (tertiary/aromatic N) is 1. The molecule has 5 N–H and O–H groups in total. The Morgan fingerprint density at radius 3 is 2.78 bits per heavy atom. The molecular formula is C9H11N3O5S. The highest BCUT2D eigenvalue weighted by atomic mass is 32.2. The maximum atomic E-state index is 11.6. The summed E-state index contributed by atoms with van der Waals surface area (Å²) in [6, 6.07) is -0.678. The zero-order valence-corrected chi connectivity index (χ0v) is 9.98. The van der Waals surface area contributed by atoms with Crippen molar-refractivity contribution in [3.63, 3.8) is 0 Å². The van der Waals surface area contributed by atoms with Gasteiger partial charge >= 0.3 is 12.1 Å². The summed E-state index contributed by atoms with van der Waals surface area (Å²) in [4.78, 5) is 34.4. The van der Waals surface area contributed by atoms with Crippen molar-refractivity contribution in [3.8, 4) is 0 Å². The minimum atomic E-state index is -1.25. The minimum Gasteiger partial charge on any atom is -0.477 e. The van der Waals surface area contributed by atoms with Crippen LogP contribution in [0.2, 0.25) is 0 Å². The Hall–Kier alpha value is -1.74. The highest BCUT2D eigenvalue weighted by molar-refractivity contribution is 8.00. The van der Waals surface area contributed by atoms with Crippen molar-refractivity contribution in [2.75, 3.05) is 12.4 Å². The second-order valence-electron chi connectivity index (χ2n) is 3.80. The number of primary amides is 1. The van der Waals surface area contributed by atoms with Crippen molar-refractivity contribution in [1.29, 1.82) is 0 Å². The second-order valence-corrected chi connectivity index (χ2v) is 4.91. The predicted molar refractivity (Wildman–Crippen MR) is 61.3 cm³/mol. The molecule has 8 nitrogen and oxygen atoms in total. The molecule has 1 saturated heterocycles. The maximum Gasteiger partial charge on any atom is 0.404 e. The molecule has 2 atom stereocenters. The van der Waals surface area contributed by atoms with Crippen molar-refractivity contribution in [2.24, 2.45) is 11.5 Å². The molecule has 1 fully saturated rings. The first-order chi connectivity index (χ1) is 8.43. The summed E-state index contributed by atoms with van der Waals surface area (Å²) < 4.78 is 4.57. The molecule has 18 heavy (non-hydrogen) atoms. The molecule has 0 radical (unpaired) electrons. The average Bonchev–Trinajstić information content (AvgIpc) is 2.33. The van der Waals surface area contributed by atoms with Gasteiger partial charge in [-0.1, -0.05) is 0 Å². The Morgan fingerprint density at radius 2 is 2.22 bits per heavy atom. The van der Waals surface area contributed by atoms with E-state index in [0.717, 1.165) is 4.90 Å². The highest BCUT2D eigenvalue weighted by Crippen LogP contribution is 2.39. The van der Waals surface area contributed by atoms with Gasteiger partial charge in [-0.15, -0.1) is 11.8 Å². The molecule has 0 bridgehead atoms. The van der Waals surface area contributed by atoms with E-state index in [9.17, 15) is 14.4 Å². The van der Waals surface area contributed by atoms with Crippen LogP contribution in [-0.2, 0) is 14.3 Å². The molecule has 0 aliphatic carbocycles. The van der Waals surface area contributed by atoms with Crippen molar-refractivity contribution in [3.05, 3.63) is 11.3 Å². The van der Waals surface area contributed by atoms with Crippen molar-refractivity contribution in [2.45, 2.75) is 11.4 Å².